The predicted octanol–water partition coefficient (Wildman–Crippen LogP) is 2.25. The standard InChI is InChI=1S/C14H23NO2/c1-17-13(16)14(15-12-6-7-12)8-2-3-11(9-14)10-4-5-10/h10-12,15H,2-9H2,1H3. The summed E-state index contributed by atoms with van der Waals surface area (Å²) >= 11 is 0. The van der Waals surface area contributed by atoms with Gasteiger partial charge in [0.2, 0.25) is 0 Å². The molecule has 3 saturated carbocycles. The lowest BCUT2D eigenvalue weighted by Gasteiger charge is -2.39. The number of methoxy groups -OCH3 is 1. The van der Waals surface area contributed by atoms with Crippen LogP contribution >= 0.6 is 0 Å². The van der Waals surface area contributed by atoms with E-state index in [4.69, 9.17) is 4.74 Å². The van der Waals surface area contributed by atoms with Gasteiger partial charge in [-0.25, -0.2) is 0 Å². The van der Waals surface area contributed by atoms with Crippen LogP contribution in [0.5, 0.6) is 0 Å². The van der Waals surface area contributed by atoms with E-state index in [1.54, 1.807) is 0 Å². The number of carbonyl (C=O) groups is 1. The van der Waals surface area contributed by atoms with Crippen molar-refractivity contribution in [1.29, 1.82) is 0 Å². The van der Waals surface area contributed by atoms with E-state index in [-0.39, 0.29) is 11.5 Å². The maximum Gasteiger partial charge on any atom is 0.326 e. The summed E-state index contributed by atoms with van der Waals surface area (Å²) in [6, 6.07) is 0.576. The highest BCUT2D eigenvalue weighted by atomic mass is 16.5. The molecular weight excluding hydrogens is 214 g/mol. The van der Waals surface area contributed by atoms with Crippen LogP contribution in [0.15, 0.2) is 0 Å². The van der Waals surface area contributed by atoms with Gasteiger partial charge in [-0.3, -0.25) is 10.1 Å². The number of nitrogens with one attached hydrogen (secondary N) is 1. The van der Waals surface area contributed by atoms with Crippen molar-refractivity contribution in [3.05, 3.63) is 0 Å². The Morgan fingerprint density at radius 1 is 1.18 bits per heavy atom. The number of hydrogen-bond acceptors (Lipinski definition) is 3. The average Bonchev–Trinajstić information content (AvgIpc) is 3.20. The van der Waals surface area contributed by atoms with Crippen molar-refractivity contribution in [2.24, 2.45) is 11.8 Å². The second-order valence-corrected chi connectivity index (χ2v) is 6.19. The van der Waals surface area contributed by atoms with E-state index >= 15 is 0 Å². The minimum Gasteiger partial charge on any atom is -0.468 e. The van der Waals surface area contributed by atoms with Gasteiger partial charge in [0.05, 0.1) is 7.11 Å². The van der Waals surface area contributed by atoms with Crippen LogP contribution in [0.25, 0.3) is 0 Å². The fraction of sp³-hybridized carbons (Fsp3) is 0.929. The molecule has 0 heterocycles. The van der Waals surface area contributed by atoms with Gasteiger partial charge in [-0.2, -0.15) is 0 Å². The molecule has 0 amide bonds. The van der Waals surface area contributed by atoms with Crippen LogP contribution in [0.2, 0.25) is 0 Å². The second-order valence-electron chi connectivity index (χ2n) is 6.19. The molecule has 0 aromatic heterocycles. The summed E-state index contributed by atoms with van der Waals surface area (Å²) in [5.74, 6) is 1.64. The van der Waals surface area contributed by atoms with Crippen molar-refractivity contribution in [3.63, 3.8) is 0 Å². The highest BCUT2D eigenvalue weighted by molar-refractivity contribution is 5.81. The van der Waals surface area contributed by atoms with Crippen LogP contribution in [0, 0.1) is 11.8 Å². The smallest absolute Gasteiger partial charge is 0.326 e. The number of carbonyl (C=O) groups excluding carboxylic acids is 1. The fourth-order valence-corrected chi connectivity index (χ4v) is 3.48. The maximum atomic E-state index is 12.2. The zero-order valence-corrected chi connectivity index (χ0v) is 10.7. The third-order valence-corrected chi connectivity index (χ3v) is 4.71. The Morgan fingerprint density at radius 3 is 2.53 bits per heavy atom. The lowest BCUT2D eigenvalue weighted by Crippen LogP contribution is -2.56. The number of rotatable bonds is 4. The van der Waals surface area contributed by atoms with Crippen LogP contribution in [-0.4, -0.2) is 24.7 Å². The van der Waals surface area contributed by atoms with Crippen molar-refractivity contribution < 1.29 is 9.53 Å². The summed E-state index contributed by atoms with van der Waals surface area (Å²) in [4.78, 5) is 12.2. The summed E-state index contributed by atoms with van der Waals surface area (Å²) in [7, 11) is 1.53. The van der Waals surface area contributed by atoms with Gasteiger partial charge in [-0.05, 0) is 50.4 Å². The Balaban J connectivity index is 1.73. The first-order chi connectivity index (χ1) is 8.23. The fourth-order valence-electron chi connectivity index (χ4n) is 3.48. The summed E-state index contributed by atoms with van der Waals surface area (Å²) in [6.45, 7) is 0. The molecule has 0 saturated heterocycles. The van der Waals surface area contributed by atoms with Crippen molar-refractivity contribution in [2.75, 3.05) is 7.11 Å². The Bertz CT molecular complexity index is 309. The monoisotopic (exact) mass is 237 g/mol. The zero-order chi connectivity index (χ0) is 11.9. The summed E-state index contributed by atoms with van der Waals surface area (Å²) in [6.07, 6.45) is 9.70. The molecule has 0 spiro atoms. The predicted molar refractivity (Wildman–Crippen MR) is 65.6 cm³/mol. The molecule has 1 N–H and O–H groups in total. The molecule has 2 unspecified atom stereocenters. The molecule has 0 radical (unpaired) electrons. The Morgan fingerprint density at radius 2 is 1.94 bits per heavy atom. The minimum atomic E-state index is -0.346. The largest absolute Gasteiger partial charge is 0.468 e. The van der Waals surface area contributed by atoms with Crippen LogP contribution in [0.1, 0.15) is 51.4 Å². The van der Waals surface area contributed by atoms with Gasteiger partial charge in [-0.15, -0.1) is 0 Å². The molecular formula is C14H23NO2. The normalized spacial score (nSPS) is 37.8. The van der Waals surface area contributed by atoms with E-state index in [2.05, 4.69) is 5.32 Å². The summed E-state index contributed by atoms with van der Waals surface area (Å²) in [5.41, 5.74) is -0.346. The highest BCUT2D eigenvalue weighted by Gasteiger charge is 2.49. The van der Waals surface area contributed by atoms with Gasteiger partial charge in [0, 0.05) is 6.04 Å². The lowest BCUT2D eigenvalue weighted by atomic mass is 9.73. The highest BCUT2D eigenvalue weighted by Crippen LogP contribution is 2.47. The van der Waals surface area contributed by atoms with Gasteiger partial charge >= 0.3 is 5.97 Å². The van der Waals surface area contributed by atoms with Crippen molar-refractivity contribution in [2.45, 2.75) is 62.9 Å². The Kier molecular flexibility index (Phi) is 2.89. The van der Waals surface area contributed by atoms with Crippen molar-refractivity contribution >= 4 is 5.97 Å². The summed E-state index contributed by atoms with van der Waals surface area (Å²) < 4.78 is 5.07. The van der Waals surface area contributed by atoms with Gasteiger partial charge in [-0.1, -0.05) is 12.8 Å². The van der Waals surface area contributed by atoms with Crippen molar-refractivity contribution in [3.8, 4) is 0 Å². The Labute approximate surface area is 103 Å². The van der Waals surface area contributed by atoms with E-state index in [0.717, 1.165) is 24.7 Å². The second kappa shape index (κ2) is 4.27. The Hall–Kier alpha value is -0.570. The third kappa shape index (κ3) is 2.35. The van der Waals surface area contributed by atoms with Crippen LogP contribution in [0.4, 0.5) is 0 Å². The molecule has 3 aliphatic rings. The SMILES string of the molecule is COC(=O)C1(NC2CC2)CCCC(C2CC2)C1. The minimum absolute atomic E-state index is 0.0188. The first kappa shape index (κ1) is 11.5. The first-order valence-corrected chi connectivity index (χ1v) is 7.10. The van der Waals surface area contributed by atoms with Gasteiger partial charge < -0.3 is 4.74 Å². The van der Waals surface area contributed by atoms with Crippen LogP contribution in [0.3, 0.4) is 0 Å². The molecule has 0 aromatic rings. The van der Waals surface area contributed by atoms with E-state index in [9.17, 15) is 4.79 Å². The molecule has 3 rings (SSSR count). The molecule has 0 aromatic carbocycles. The van der Waals surface area contributed by atoms with E-state index in [1.807, 2.05) is 0 Å². The lowest BCUT2D eigenvalue weighted by molar-refractivity contribution is -0.151. The van der Waals surface area contributed by atoms with Crippen LogP contribution in [-0.2, 0) is 9.53 Å². The molecule has 96 valence electrons. The van der Waals surface area contributed by atoms with E-state index in [0.29, 0.717) is 6.04 Å². The molecule has 0 bridgehead atoms. The van der Waals surface area contributed by atoms with Crippen LogP contribution < -0.4 is 5.32 Å². The molecule has 3 heteroatoms. The summed E-state index contributed by atoms with van der Waals surface area (Å²) in [5, 5.41) is 3.60. The first-order valence-electron chi connectivity index (χ1n) is 7.10. The van der Waals surface area contributed by atoms with E-state index in [1.165, 1.54) is 45.6 Å². The zero-order valence-electron chi connectivity index (χ0n) is 10.7. The third-order valence-electron chi connectivity index (χ3n) is 4.71. The topological polar surface area (TPSA) is 38.3 Å². The van der Waals surface area contributed by atoms with E-state index < -0.39 is 0 Å². The average molecular weight is 237 g/mol. The molecule has 3 nitrogen and oxygen atoms in total. The molecule has 3 fully saturated rings. The number of ether oxygens (including phenoxy) is 1. The maximum absolute atomic E-state index is 12.2. The molecule has 2 atom stereocenters. The van der Waals surface area contributed by atoms with Crippen molar-refractivity contribution in [1.82, 2.24) is 5.32 Å². The molecule has 0 aliphatic heterocycles. The number of esters is 1. The molecule has 17 heavy (non-hydrogen) atoms. The van der Waals surface area contributed by atoms with Gasteiger partial charge in [0.1, 0.15) is 5.54 Å². The molecule has 3 aliphatic carbocycles. The number of hydrogen-bond donors (Lipinski definition) is 1. The van der Waals surface area contributed by atoms with Gasteiger partial charge in [0.15, 0.2) is 0 Å². The van der Waals surface area contributed by atoms with Gasteiger partial charge in [0.25, 0.3) is 0 Å². The quantitative estimate of drug-likeness (QED) is 0.762.